The second-order valence-electron chi connectivity index (χ2n) is 4.53. The maximum atomic E-state index is 11.9. The maximum Gasteiger partial charge on any atom is 0.329 e. The van der Waals surface area contributed by atoms with Gasteiger partial charge < -0.3 is 20.1 Å². The normalized spacial score (nSPS) is 12.8. The van der Waals surface area contributed by atoms with Crippen molar-refractivity contribution in [3.8, 4) is 0 Å². The highest BCUT2D eigenvalue weighted by molar-refractivity contribution is 5.74. The van der Waals surface area contributed by atoms with Gasteiger partial charge in [-0.1, -0.05) is 0 Å². The van der Waals surface area contributed by atoms with E-state index in [9.17, 15) is 14.7 Å². The van der Waals surface area contributed by atoms with Crippen molar-refractivity contribution in [2.45, 2.75) is 19.6 Å². The molecule has 4 N–H and O–H groups in total. The summed E-state index contributed by atoms with van der Waals surface area (Å²) in [6.07, 6.45) is -0.598. The summed E-state index contributed by atoms with van der Waals surface area (Å²) in [7, 11) is 1.50. The Bertz CT molecular complexity index is 727. The van der Waals surface area contributed by atoms with Gasteiger partial charge in [0.05, 0.1) is 12.7 Å². The van der Waals surface area contributed by atoms with Gasteiger partial charge in [0, 0.05) is 20.1 Å². The van der Waals surface area contributed by atoms with Gasteiger partial charge in [-0.05, 0) is 6.92 Å². The standard InChI is InChI=1S/C11H17N5O4/c1-6(18)5-12-10-13-8-7(16(10)3-4-17)9(19)14-11(20)15(8)2/h6,17-18H,3-5H2,1-2H3,(H,12,13)(H,14,19,20)/t6-/m1/s1. The molecule has 0 aromatic carbocycles. The summed E-state index contributed by atoms with van der Waals surface area (Å²) in [5.74, 6) is 0.321. The third-order valence-corrected chi connectivity index (χ3v) is 2.89. The number of H-pyrrole nitrogens is 1. The zero-order chi connectivity index (χ0) is 14.9. The maximum absolute atomic E-state index is 11.9. The van der Waals surface area contributed by atoms with Crippen LogP contribution in [0.2, 0.25) is 0 Å². The molecule has 0 spiro atoms. The first-order chi connectivity index (χ1) is 9.45. The van der Waals surface area contributed by atoms with Gasteiger partial charge in [0.25, 0.3) is 5.56 Å². The molecule has 2 aromatic rings. The third kappa shape index (κ3) is 2.45. The van der Waals surface area contributed by atoms with Gasteiger partial charge in [-0.3, -0.25) is 14.3 Å². The zero-order valence-electron chi connectivity index (χ0n) is 11.3. The molecule has 0 radical (unpaired) electrons. The monoisotopic (exact) mass is 283 g/mol. The lowest BCUT2D eigenvalue weighted by molar-refractivity contribution is 0.208. The van der Waals surface area contributed by atoms with E-state index in [0.29, 0.717) is 5.95 Å². The molecule has 0 aliphatic heterocycles. The first-order valence-electron chi connectivity index (χ1n) is 6.18. The Morgan fingerprint density at radius 3 is 2.75 bits per heavy atom. The minimum atomic E-state index is -0.598. The van der Waals surface area contributed by atoms with E-state index in [1.165, 1.54) is 16.2 Å². The molecule has 0 aliphatic rings. The molecule has 2 aromatic heterocycles. The summed E-state index contributed by atoms with van der Waals surface area (Å²) in [6, 6.07) is 0. The van der Waals surface area contributed by atoms with Crippen molar-refractivity contribution in [2.24, 2.45) is 7.05 Å². The predicted molar refractivity (Wildman–Crippen MR) is 72.9 cm³/mol. The molecule has 9 nitrogen and oxygen atoms in total. The molecule has 20 heavy (non-hydrogen) atoms. The number of rotatable bonds is 5. The van der Waals surface area contributed by atoms with Crippen LogP contribution in [0.3, 0.4) is 0 Å². The summed E-state index contributed by atoms with van der Waals surface area (Å²) < 4.78 is 2.70. The molecule has 0 saturated heterocycles. The van der Waals surface area contributed by atoms with Crippen LogP contribution in [0.4, 0.5) is 5.95 Å². The largest absolute Gasteiger partial charge is 0.395 e. The van der Waals surface area contributed by atoms with Crippen LogP contribution < -0.4 is 16.6 Å². The minimum Gasteiger partial charge on any atom is -0.395 e. The number of imidazole rings is 1. The Labute approximate surface area is 113 Å². The van der Waals surface area contributed by atoms with E-state index < -0.39 is 17.4 Å². The lowest BCUT2D eigenvalue weighted by Crippen LogP contribution is -2.29. The van der Waals surface area contributed by atoms with Crippen molar-refractivity contribution in [1.29, 1.82) is 0 Å². The van der Waals surface area contributed by atoms with Crippen LogP contribution in [0, 0.1) is 0 Å². The summed E-state index contributed by atoms with van der Waals surface area (Å²) in [6.45, 7) is 1.81. The summed E-state index contributed by atoms with van der Waals surface area (Å²) in [5, 5.41) is 21.3. The van der Waals surface area contributed by atoms with Crippen LogP contribution in [0.15, 0.2) is 9.59 Å². The number of nitrogens with one attached hydrogen (secondary N) is 2. The smallest absolute Gasteiger partial charge is 0.329 e. The lowest BCUT2D eigenvalue weighted by atomic mass is 10.4. The first kappa shape index (κ1) is 14.3. The molecule has 0 aliphatic carbocycles. The van der Waals surface area contributed by atoms with E-state index >= 15 is 0 Å². The van der Waals surface area contributed by atoms with Crippen LogP contribution in [0.5, 0.6) is 0 Å². The van der Waals surface area contributed by atoms with Crippen molar-refractivity contribution in [3.63, 3.8) is 0 Å². The molecule has 0 bridgehead atoms. The second kappa shape index (κ2) is 5.47. The average Bonchev–Trinajstić information content (AvgIpc) is 2.74. The Morgan fingerprint density at radius 1 is 1.45 bits per heavy atom. The fourth-order valence-electron chi connectivity index (χ4n) is 1.93. The lowest BCUT2D eigenvalue weighted by Gasteiger charge is -2.10. The van der Waals surface area contributed by atoms with Gasteiger partial charge in [0.15, 0.2) is 11.2 Å². The minimum absolute atomic E-state index is 0.153. The van der Waals surface area contributed by atoms with Gasteiger partial charge >= 0.3 is 5.69 Å². The SMILES string of the molecule is C[C@@H](O)CNc1nc2c(c(=O)[nH]c(=O)n2C)n1CCO. The van der Waals surface area contributed by atoms with Crippen LogP contribution in [-0.4, -0.2) is 48.6 Å². The fourth-order valence-corrected chi connectivity index (χ4v) is 1.93. The van der Waals surface area contributed by atoms with E-state index in [1.807, 2.05) is 0 Å². The van der Waals surface area contributed by atoms with Crippen molar-refractivity contribution >= 4 is 17.1 Å². The first-order valence-corrected chi connectivity index (χ1v) is 6.18. The number of anilines is 1. The highest BCUT2D eigenvalue weighted by atomic mass is 16.3. The number of fused-ring (bicyclic) bond motifs is 1. The Kier molecular flexibility index (Phi) is 3.91. The summed E-state index contributed by atoms with van der Waals surface area (Å²) >= 11 is 0. The number of hydrogen-bond acceptors (Lipinski definition) is 6. The van der Waals surface area contributed by atoms with Crippen molar-refractivity contribution < 1.29 is 10.2 Å². The zero-order valence-corrected chi connectivity index (χ0v) is 11.3. The number of aliphatic hydroxyl groups is 2. The van der Waals surface area contributed by atoms with E-state index in [1.54, 1.807) is 6.92 Å². The van der Waals surface area contributed by atoms with Gasteiger partial charge in [0.1, 0.15) is 0 Å². The molecule has 1 atom stereocenters. The van der Waals surface area contributed by atoms with Crippen LogP contribution in [-0.2, 0) is 13.6 Å². The van der Waals surface area contributed by atoms with Crippen molar-refractivity contribution in [3.05, 3.63) is 20.8 Å². The van der Waals surface area contributed by atoms with E-state index in [2.05, 4.69) is 15.3 Å². The van der Waals surface area contributed by atoms with Gasteiger partial charge in [-0.2, -0.15) is 4.98 Å². The molecule has 2 rings (SSSR count). The van der Waals surface area contributed by atoms with Crippen LogP contribution in [0.1, 0.15) is 6.92 Å². The highest BCUT2D eigenvalue weighted by Gasteiger charge is 2.16. The molecular formula is C11H17N5O4. The van der Waals surface area contributed by atoms with Crippen LogP contribution in [0.25, 0.3) is 11.2 Å². The number of aryl methyl sites for hydroxylation is 1. The molecule has 2 heterocycles. The molecule has 0 fully saturated rings. The number of aliphatic hydroxyl groups excluding tert-OH is 2. The van der Waals surface area contributed by atoms with Crippen molar-refractivity contribution in [1.82, 2.24) is 19.1 Å². The number of aromatic nitrogens is 4. The van der Waals surface area contributed by atoms with Gasteiger partial charge in [-0.15, -0.1) is 0 Å². The van der Waals surface area contributed by atoms with E-state index in [-0.39, 0.29) is 30.9 Å². The number of hydrogen-bond donors (Lipinski definition) is 4. The fraction of sp³-hybridized carbons (Fsp3) is 0.545. The Hall–Kier alpha value is -2.13. The Morgan fingerprint density at radius 2 is 2.15 bits per heavy atom. The summed E-state index contributed by atoms with van der Waals surface area (Å²) in [4.78, 5) is 29.8. The molecule has 0 saturated carbocycles. The van der Waals surface area contributed by atoms with E-state index in [4.69, 9.17) is 5.11 Å². The quantitative estimate of drug-likeness (QED) is 0.513. The summed E-state index contributed by atoms with van der Waals surface area (Å²) in [5.41, 5.74) is -0.693. The highest BCUT2D eigenvalue weighted by Crippen LogP contribution is 2.14. The topological polar surface area (TPSA) is 125 Å². The number of nitrogens with zero attached hydrogens (tertiary/aromatic N) is 3. The Balaban J connectivity index is 2.66. The molecule has 9 heteroatoms. The van der Waals surface area contributed by atoms with Crippen molar-refractivity contribution in [2.75, 3.05) is 18.5 Å². The molecule has 0 amide bonds. The second-order valence-corrected chi connectivity index (χ2v) is 4.53. The predicted octanol–water partition coefficient (Wildman–Crippen LogP) is -1.79. The van der Waals surface area contributed by atoms with Gasteiger partial charge in [0.2, 0.25) is 5.95 Å². The average molecular weight is 283 g/mol. The third-order valence-electron chi connectivity index (χ3n) is 2.89. The molecule has 110 valence electrons. The molecule has 0 unspecified atom stereocenters. The van der Waals surface area contributed by atoms with Crippen LogP contribution >= 0.6 is 0 Å². The van der Waals surface area contributed by atoms with Gasteiger partial charge in [-0.25, -0.2) is 4.79 Å². The number of aromatic amines is 1. The van der Waals surface area contributed by atoms with E-state index in [0.717, 1.165) is 0 Å². The molecular weight excluding hydrogens is 266 g/mol.